The fourth-order valence-electron chi connectivity index (χ4n) is 2.37. The zero-order valence-electron chi connectivity index (χ0n) is 10.5. The second kappa shape index (κ2) is 5.48. The third kappa shape index (κ3) is 3.17. The maximum absolute atomic E-state index is 13.5. The highest BCUT2D eigenvalue weighted by Crippen LogP contribution is 2.30. The first-order valence-electron chi connectivity index (χ1n) is 6.06. The van der Waals surface area contributed by atoms with Gasteiger partial charge in [-0.25, -0.2) is 4.39 Å². The maximum Gasteiger partial charge on any atom is 0.327 e. The van der Waals surface area contributed by atoms with Gasteiger partial charge in [-0.05, 0) is 26.4 Å². The molecule has 1 N–H and O–H groups in total. The highest BCUT2D eigenvalue weighted by atomic mass is 19.1. The Morgan fingerprint density at radius 2 is 2.21 bits per heavy atom. The van der Waals surface area contributed by atoms with Gasteiger partial charge < -0.3 is 10.2 Å². The molecule has 19 heavy (non-hydrogen) atoms. The van der Waals surface area contributed by atoms with Crippen LogP contribution in [0.5, 0.6) is 0 Å². The summed E-state index contributed by atoms with van der Waals surface area (Å²) >= 11 is 0. The van der Waals surface area contributed by atoms with Crippen LogP contribution in [-0.4, -0.2) is 36.0 Å². The molecule has 7 heteroatoms. The first-order valence-corrected chi connectivity index (χ1v) is 6.06. The van der Waals surface area contributed by atoms with Crippen molar-refractivity contribution in [3.05, 3.63) is 33.9 Å². The number of likely N-dealkylation sites (tertiary alicyclic amines) is 1. The molecule has 1 heterocycles. The van der Waals surface area contributed by atoms with Gasteiger partial charge in [0, 0.05) is 24.7 Å². The SMILES string of the molecule is CN1CCCC(Nc2cc(F)cc(F)c2[N+](=O)[O-])C1. The Bertz CT molecular complexity index is 496. The largest absolute Gasteiger partial charge is 0.375 e. The lowest BCUT2D eigenvalue weighted by molar-refractivity contribution is -0.386. The van der Waals surface area contributed by atoms with Crippen molar-refractivity contribution < 1.29 is 13.7 Å². The number of nitro benzene ring substituents is 1. The van der Waals surface area contributed by atoms with Gasteiger partial charge in [0.15, 0.2) is 0 Å². The average Bonchev–Trinajstić information content (AvgIpc) is 2.26. The number of hydrogen-bond acceptors (Lipinski definition) is 4. The van der Waals surface area contributed by atoms with Crippen LogP contribution in [0.4, 0.5) is 20.2 Å². The van der Waals surface area contributed by atoms with Crippen LogP contribution in [0.3, 0.4) is 0 Å². The predicted molar refractivity (Wildman–Crippen MR) is 67.2 cm³/mol. The van der Waals surface area contributed by atoms with Gasteiger partial charge in [-0.1, -0.05) is 0 Å². The summed E-state index contributed by atoms with van der Waals surface area (Å²) in [7, 11) is 1.94. The van der Waals surface area contributed by atoms with Crippen molar-refractivity contribution in [3.63, 3.8) is 0 Å². The van der Waals surface area contributed by atoms with E-state index in [2.05, 4.69) is 10.2 Å². The number of benzene rings is 1. The number of hydrogen-bond donors (Lipinski definition) is 1. The zero-order valence-corrected chi connectivity index (χ0v) is 10.5. The molecule has 1 unspecified atom stereocenters. The number of halogens is 2. The van der Waals surface area contributed by atoms with E-state index < -0.39 is 22.2 Å². The number of nitro groups is 1. The van der Waals surface area contributed by atoms with E-state index in [9.17, 15) is 18.9 Å². The summed E-state index contributed by atoms with van der Waals surface area (Å²) in [5, 5.41) is 13.7. The monoisotopic (exact) mass is 271 g/mol. The van der Waals surface area contributed by atoms with E-state index in [1.807, 2.05) is 7.05 Å². The van der Waals surface area contributed by atoms with Crippen molar-refractivity contribution >= 4 is 11.4 Å². The molecule has 1 saturated heterocycles. The molecule has 0 aromatic heterocycles. The van der Waals surface area contributed by atoms with Crippen LogP contribution >= 0.6 is 0 Å². The van der Waals surface area contributed by atoms with E-state index in [0.29, 0.717) is 12.6 Å². The van der Waals surface area contributed by atoms with E-state index in [0.717, 1.165) is 25.5 Å². The summed E-state index contributed by atoms with van der Waals surface area (Å²) in [6, 6.07) is 1.45. The van der Waals surface area contributed by atoms with Crippen molar-refractivity contribution in [2.75, 3.05) is 25.5 Å². The number of rotatable bonds is 3. The van der Waals surface area contributed by atoms with Gasteiger partial charge >= 0.3 is 5.69 Å². The van der Waals surface area contributed by atoms with Crippen molar-refractivity contribution in [3.8, 4) is 0 Å². The molecule has 5 nitrogen and oxygen atoms in total. The van der Waals surface area contributed by atoms with Gasteiger partial charge in [-0.3, -0.25) is 10.1 Å². The van der Waals surface area contributed by atoms with E-state index in [1.165, 1.54) is 0 Å². The van der Waals surface area contributed by atoms with Crippen molar-refractivity contribution in [1.29, 1.82) is 0 Å². The smallest absolute Gasteiger partial charge is 0.327 e. The number of piperidine rings is 1. The van der Waals surface area contributed by atoms with Crippen LogP contribution in [0.2, 0.25) is 0 Å². The van der Waals surface area contributed by atoms with Gasteiger partial charge in [0.25, 0.3) is 0 Å². The number of nitrogens with one attached hydrogen (secondary N) is 1. The van der Waals surface area contributed by atoms with Gasteiger partial charge in [0.2, 0.25) is 5.82 Å². The molecule has 1 fully saturated rings. The molecule has 0 saturated carbocycles. The Morgan fingerprint density at radius 1 is 1.47 bits per heavy atom. The van der Waals surface area contributed by atoms with E-state index in [4.69, 9.17) is 0 Å². The molecule has 1 aliphatic heterocycles. The van der Waals surface area contributed by atoms with Gasteiger partial charge in [0.1, 0.15) is 11.5 Å². The van der Waals surface area contributed by atoms with E-state index in [1.54, 1.807) is 0 Å². The average molecular weight is 271 g/mol. The number of nitrogens with zero attached hydrogens (tertiary/aromatic N) is 2. The fraction of sp³-hybridized carbons (Fsp3) is 0.500. The predicted octanol–water partition coefficient (Wildman–Crippen LogP) is 2.38. The quantitative estimate of drug-likeness (QED) is 0.677. The third-order valence-corrected chi connectivity index (χ3v) is 3.19. The van der Waals surface area contributed by atoms with Crippen LogP contribution in [0.25, 0.3) is 0 Å². The summed E-state index contributed by atoms with van der Waals surface area (Å²) < 4.78 is 26.6. The molecule has 104 valence electrons. The van der Waals surface area contributed by atoms with E-state index in [-0.39, 0.29) is 11.7 Å². The van der Waals surface area contributed by atoms with Gasteiger partial charge in [-0.2, -0.15) is 4.39 Å². The molecule has 1 atom stereocenters. The second-order valence-electron chi connectivity index (χ2n) is 4.79. The highest BCUT2D eigenvalue weighted by molar-refractivity contribution is 5.62. The summed E-state index contributed by atoms with van der Waals surface area (Å²) in [5.74, 6) is -1.98. The molecule has 0 spiro atoms. The normalized spacial score (nSPS) is 20.3. The van der Waals surface area contributed by atoms with Crippen LogP contribution in [0.1, 0.15) is 12.8 Å². The van der Waals surface area contributed by atoms with E-state index >= 15 is 0 Å². The van der Waals surface area contributed by atoms with Gasteiger partial charge in [0.05, 0.1) is 4.92 Å². The molecule has 1 aromatic carbocycles. The van der Waals surface area contributed by atoms with Crippen LogP contribution in [0, 0.1) is 21.7 Å². The lowest BCUT2D eigenvalue weighted by Gasteiger charge is -2.30. The Hall–Kier alpha value is -1.76. The first-order chi connectivity index (χ1) is 8.97. The fourth-order valence-corrected chi connectivity index (χ4v) is 2.37. The van der Waals surface area contributed by atoms with Crippen LogP contribution < -0.4 is 5.32 Å². The van der Waals surface area contributed by atoms with Crippen LogP contribution in [-0.2, 0) is 0 Å². The lowest BCUT2D eigenvalue weighted by Crippen LogP contribution is -2.39. The molecule has 0 aliphatic carbocycles. The minimum Gasteiger partial charge on any atom is -0.375 e. The Balaban J connectivity index is 2.25. The molecule has 0 amide bonds. The first kappa shape index (κ1) is 13.7. The highest BCUT2D eigenvalue weighted by Gasteiger charge is 2.25. The summed E-state index contributed by atoms with van der Waals surface area (Å²) in [4.78, 5) is 12.1. The summed E-state index contributed by atoms with van der Waals surface area (Å²) in [5.41, 5.74) is -0.794. The van der Waals surface area contributed by atoms with Crippen molar-refractivity contribution in [1.82, 2.24) is 4.90 Å². The summed E-state index contributed by atoms with van der Waals surface area (Å²) in [6.45, 7) is 1.65. The molecule has 2 rings (SSSR count). The molecule has 1 aromatic rings. The molecule has 0 radical (unpaired) electrons. The molecule has 0 bridgehead atoms. The van der Waals surface area contributed by atoms with Crippen molar-refractivity contribution in [2.45, 2.75) is 18.9 Å². The number of anilines is 1. The zero-order chi connectivity index (χ0) is 14.0. The Morgan fingerprint density at radius 3 is 2.84 bits per heavy atom. The topological polar surface area (TPSA) is 58.4 Å². The Kier molecular flexibility index (Phi) is 3.94. The maximum atomic E-state index is 13.5. The standard InChI is InChI=1S/C12H15F2N3O2/c1-16-4-2-3-9(7-16)15-11-6-8(13)5-10(14)12(11)17(18)19/h5-6,9,15H,2-4,7H2,1H3. The molecular formula is C12H15F2N3O2. The lowest BCUT2D eigenvalue weighted by atomic mass is 10.1. The van der Waals surface area contributed by atoms with Crippen molar-refractivity contribution in [2.24, 2.45) is 0 Å². The Labute approximate surface area is 109 Å². The molecular weight excluding hydrogens is 256 g/mol. The minimum absolute atomic E-state index is 0.0429. The second-order valence-corrected chi connectivity index (χ2v) is 4.79. The summed E-state index contributed by atoms with van der Waals surface area (Å²) in [6.07, 6.45) is 1.76. The van der Waals surface area contributed by atoms with Gasteiger partial charge in [-0.15, -0.1) is 0 Å². The molecule has 1 aliphatic rings. The minimum atomic E-state index is -1.16. The number of likely N-dealkylation sites (N-methyl/N-ethyl adjacent to an activating group) is 1. The van der Waals surface area contributed by atoms with Crippen LogP contribution in [0.15, 0.2) is 12.1 Å². The third-order valence-electron chi connectivity index (χ3n) is 3.19.